The molecule has 23 heavy (non-hydrogen) atoms. The van der Waals surface area contributed by atoms with Gasteiger partial charge >= 0.3 is 0 Å². The Morgan fingerprint density at radius 3 is 2.61 bits per heavy atom. The standard InChI is InChI=1S/C17H22N2O4/c1-5-22-15-8-13(9-20)6-7-14(15)23-10-16(21)19-17(4,11-18)12(2)3/h6-9,12H,5,10H2,1-4H3,(H,19,21)/t17-/m1/s1. The lowest BCUT2D eigenvalue weighted by Gasteiger charge is -2.27. The number of carbonyl (C=O) groups is 2. The van der Waals surface area contributed by atoms with Crippen molar-refractivity contribution in [2.75, 3.05) is 13.2 Å². The molecule has 124 valence electrons. The zero-order valence-corrected chi connectivity index (χ0v) is 13.9. The molecular formula is C17H22N2O4. The fourth-order valence-electron chi connectivity index (χ4n) is 1.76. The van der Waals surface area contributed by atoms with Gasteiger partial charge in [-0.05, 0) is 38.0 Å². The number of aldehydes is 1. The molecule has 6 nitrogen and oxygen atoms in total. The van der Waals surface area contributed by atoms with E-state index < -0.39 is 11.4 Å². The molecular weight excluding hydrogens is 296 g/mol. The van der Waals surface area contributed by atoms with Gasteiger partial charge in [0.05, 0.1) is 12.7 Å². The van der Waals surface area contributed by atoms with E-state index in [0.29, 0.717) is 30.0 Å². The number of nitriles is 1. The zero-order valence-electron chi connectivity index (χ0n) is 13.9. The molecule has 0 spiro atoms. The number of hydrogen-bond donors (Lipinski definition) is 1. The average molecular weight is 318 g/mol. The number of nitrogens with one attached hydrogen (secondary N) is 1. The summed E-state index contributed by atoms with van der Waals surface area (Å²) in [7, 11) is 0. The van der Waals surface area contributed by atoms with Crippen molar-refractivity contribution in [2.24, 2.45) is 5.92 Å². The first-order valence-corrected chi connectivity index (χ1v) is 7.43. The Bertz CT molecular complexity index is 607. The lowest BCUT2D eigenvalue weighted by Crippen LogP contribution is -2.50. The Labute approximate surface area is 136 Å². The second-order valence-corrected chi connectivity index (χ2v) is 5.56. The summed E-state index contributed by atoms with van der Waals surface area (Å²) in [4.78, 5) is 22.8. The third kappa shape index (κ3) is 4.99. The van der Waals surface area contributed by atoms with Crippen molar-refractivity contribution >= 4 is 12.2 Å². The van der Waals surface area contributed by atoms with Crippen LogP contribution in [0, 0.1) is 17.2 Å². The summed E-state index contributed by atoms with van der Waals surface area (Å²) < 4.78 is 10.9. The first kappa shape index (κ1) is 18.5. The van der Waals surface area contributed by atoms with Gasteiger partial charge in [-0.25, -0.2) is 0 Å². The molecule has 0 radical (unpaired) electrons. The summed E-state index contributed by atoms with van der Waals surface area (Å²) in [5.74, 6) is 0.333. The third-order valence-electron chi connectivity index (χ3n) is 3.55. The number of benzene rings is 1. The van der Waals surface area contributed by atoms with Gasteiger partial charge in [-0.1, -0.05) is 13.8 Å². The Morgan fingerprint density at radius 2 is 2.09 bits per heavy atom. The lowest BCUT2D eigenvalue weighted by molar-refractivity contribution is -0.124. The van der Waals surface area contributed by atoms with Crippen LogP contribution in [0.3, 0.4) is 0 Å². The van der Waals surface area contributed by atoms with Gasteiger partial charge in [0.1, 0.15) is 11.8 Å². The maximum atomic E-state index is 12.0. The lowest BCUT2D eigenvalue weighted by atomic mass is 9.90. The van der Waals surface area contributed by atoms with Crippen molar-refractivity contribution in [1.82, 2.24) is 5.32 Å². The Hall–Kier alpha value is -2.55. The summed E-state index contributed by atoms with van der Waals surface area (Å²) in [5.41, 5.74) is -0.494. The fraction of sp³-hybridized carbons (Fsp3) is 0.471. The molecule has 1 rings (SSSR count). The maximum absolute atomic E-state index is 12.0. The number of nitrogens with zero attached hydrogens (tertiary/aromatic N) is 1. The highest BCUT2D eigenvalue weighted by Gasteiger charge is 2.30. The van der Waals surface area contributed by atoms with Gasteiger partial charge < -0.3 is 14.8 Å². The Balaban J connectivity index is 2.76. The minimum Gasteiger partial charge on any atom is -0.490 e. The van der Waals surface area contributed by atoms with Crippen molar-refractivity contribution in [2.45, 2.75) is 33.2 Å². The number of ether oxygens (including phenoxy) is 2. The number of hydrogen-bond acceptors (Lipinski definition) is 5. The van der Waals surface area contributed by atoms with E-state index in [1.165, 1.54) is 0 Å². The topological polar surface area (TPSA) is 88.4 Å². The highest BCUT2D eigenvalue weighted by Crippen LogP contribution is 2.28. The maximum Gasteiger partial charge on any atom is 0.259 e. The summed E-state index contributed by atoms with van der Waals surface area (Å²) >= 11 is 0. The van der Waals surface area contributed by atoms with Gasteiger partial charge in [-0.2, -0.15) is 5.26 Å². The van der Waals surface area contributed by atoms with Crippen LogP contribution in [-0.4, -0.2) is 30.9 Å². The second-order valence-electron chi connectivity index (χ2n) is 5.56. The van der Waals surface area contributed by atoms with Gasteiger partial charge in [0.25, 0.3) is 5.91 Å². The number of rotatable bonds is 8. The number of carbonyl (C=O) groups excluding carboxylic acids is 2. The van der Waals surface area contributed by atoms with Crippen molar-refractivity contribution in [3.8, 4) is 17.6 Å². The molecule has 0 unspecified atom stereocenters. The van der Waals surface area contributed by atoms with Crippen molar-refractivity contribution in [3.63, 3.8) is 0 Å². The predicted molar refractivity (Wildman–Crippen MR) is 85.5 cm³/mol. The molecule has 1 amide bonds. The quantitative estimate of drug-likeness (QED) is 0.743. The van der Waals surface area contributed by atoms with Crippen molar-refractivity contribution in [1.29, 1.82) is 5.26 Å². The van der Waals surface area contributed by atoms with Crippen LogP contribution in [0.15, 0.2) is 18.2 Å². The van der Waals surface area contributed by atoms with Crippen LogP contribution in [0.25, 0.3) is 0 Å². The summed E-state index contributed by atoms with van der Waals surface area (Å²) in [6.45, 7) is 7.35. The van der Waals surface area contributed by atoms with E-state index >= 15 is 0 Å². The van der Waals surface area contributed by atoms with Gasteiger partial charge in [0, 0.05) is 5.56 Å². The zero-order chi connectivity index (χ0) is 17.5. The molecule has 0 bridgehead atoms. The monoisotopic (exact) mass is 318 g/mol. The van der Waals surface area contributed by atoms with E-state index in [1.807, 2.05) is 20.8 Å². The van der Waals surface area contributed by atoms with Crippen LogP contribution in [0.1, 0.15) is 38.1 Å². The van der Waals surface area contributed by atoms with Crippen LogP contribution < -0.4 is 14.8 Å². The van der Waals surface area contributed by atoms with Gasteiger partial charge in [-0.15, -0.1) is 0 Å². The molecule has 0 aromatic heterocycles. The minimum absolute atomic E-state index is 0.0395. The molecule has 1 N–H and O–H groups in total. The molecule has 0 heterocycles. The van der Waals surface area contributed by atoms with E-state index in [4.69, 9.17) is 9.47 Å². The van der Waals surface area contributed by atoms with Crippen LogP contribution in [0.4, 0.5) is 0 Å². The molecule has 0 aliphatic heterocycles. The normalized spacial score (nSPS) is 12.9. The highest BCUT2D eigenvalue weighted by molar-refractivity contribution is 5.79. The first-order valence-electron chi connectivity index (χ1n) is 7.43. The van der Waals surface area contributed by atoms with Gasteiger partial charge in [0.15, 0.2) is 18.1 Å². The van der Waals surface area contributed by atoms with E-state index in [-0.39, 0.29) is 12.5 Å². The molecule has 0 saturated carbocycles. The van der Waals surface area contributed by atoms with Gasteiger partial charge in [-0.3, -0.25) is 9.59 Å². The Kier molecular flexibility index (Phi) is 6.58. The van der Waals surface area contributed by atoms with E-state index in [2.05, 4.69) is 11.4 Å². The smallest absolute Gasteiger partial charge is 0.259 e. The van der Waals surface area contributed by atoms with Crippen LogP contribution in [-0.2, 0) is 4.79 Å². The van der Waals surface area contributed by atoms with E-state index in [0.717, 1.165) is 0 Å². The summed E-state index contributed by atoms with van der Waals surface area (Å²) in [5, 5.41) is 11.9. The first-order chi connectivity index (χ1) is 10.9. The van der Waals surface area contributed by atoms with E-state index in [9.17, 15) is 14.9 Å². The fourth-order valence-corrected chi connectivity index (χ4v) is 1.76. The molecule has 0 aliphatic rings. The summed E-state index contributed by atoms with van der Waals surface area (Å²) in [6, 6.07) is 6.81. The van der Waals surface area contributed by atoms with Crippen LogP contribution in [0.5, 0.6) is 11.5 Å². The average Bonchev–Trinajstić information content (AvgIpc) is 2.53. The summed E-state index contributed by atoms with van der Waals surface area (Å²) in [6.07, 6.45) is 0.708. The molecule has 6 heteroatoms. The second kappa shape index (κ2) is 8.18. The van der Waals surface area contributed by atoms with E-state index in [1.54, 1.807) is 25.1 Å². The SMILES string of the molecule is CCOc1cc(C=O)ccc1OCC(=O)N[C@](C)(C#N)C(C)C. The van der Waals surface area contributed by atoms with Crippen molar-refractivity contribution < 1.29 is 19.1 Å². The molecule has 1 atom stereocenters. The molecule has 1 aromatic carbocycles. The molecule has 0 saturated heterocycles. The van der Waals surface area contributed by atoms with Gasteiger partial charge in [0.2, 0.25) is 0 Å². The van der Waals surface area contributed by atoms with Crippen LogP contribution >= 0.6 is 0 Å². The third-order valence-corrected chi connectivity index (χ3v) is 3.55. The van der Waals surface area contributed by atoms with Crippen LogP contribution in [0.2, 0.25) is 0 Å². The molecule has 0 fully saturated rings. The minimum atomic E-state index is -0.954. The Morgan fingerprint density at radius 1 is 1.39 bits per heavy atom. The number of amides is 1. The predicted octanol–water partition coefficient (Wildman–Crippen LogP) is 2.33. The largest absolute Gasteiger partial charge is 0.490 e. The highest BCUT2D eigenvalue weighted by atomic mass is 16.5. The molecule has 0 aliphatic carbocycles. The van der Waals surface area contributed by atoms with Crippen molar-refractivity contribution in [3.05, 3.63) is 23.8 Å². The molecule has 1 aromatic rings.